The number of carbonyl (C=O) groups is 4. The number of methoxy groups -OCH3 is 4. The molecule has 0 fully saturated rings. The first-order valence-electron chi connectivity index (χ1n) is 25.9. The predicted octanol–water partition coefficient (Wildman–Crippen LogP) is 4.13. The molecule has 2 aromatic heterocycles. The Morgan fingerprint density at radius 3 is 1.69 bits per heavy atom. The number of nitrogens with one attached hydrogen (secondary N) is 1. The number of Topliss-reactive ketones (excluding diaryl/α,β-unsaturated/α-hetero) is 3. The maximum Gasteiger partial charge on any atom is 0.262 e. The van der Waals surface area contributed by atoms with Crippen LogP contribution in [0.2, 0.25) is 0 Å². The lowest BCUT2D eigenvalue weighted by Crippen LogP contribution is -2.51. The molecule has 2 spiro atoms. The van der Waals surface area contributed by atoms with E-state index in [0.29, 0.717) is 33.3 Å². The van der Waals surface area contributed by atoms with E-state index in [-0.39, 0.29) is 87.1 Å². The summed E-state index contributed by atoms with van der Waals surface area (Å²) >= 11 is 0. The molecular formula is C63H48N2O18. The van der Waals surface area contributed by atoms with Gasteiger partial charge in [-0.2, -0.15) is 0 Å². The Labute approximate surface area is 466 Å². The summed E-state index contributed by atoms with van der Waals surface area (Å²) in [6.07, 6.45) is 15.6. The number of fused-ring (bicyclic) bond motifs is 9. The van der Waals surface area contributed by atoms with Crippen molar-refractivity contribution in [1.29, 1.82) is 0 Å². The van der Waals surface area contributed by atoms with Gasteiger partial charge in [0.1, 0.15) is 45.3 Å². The number of aliphatic hydroxyl groups excluding tert-OH is 2. The van der Waals surface area contributed by atoms with Crippen LogP contribution in [0.1, 0.15) is 102 Å². The van der Waals surface area contributed by atoms with Gasteiger partial charge in [0, 0.05) is 41.7 Å². The summed E-state index contributed by atoms with van der Waals surface area (Å²) in [5.74, 6) is -6.41. The number of H-pyrrole nitrogens is 1. The first kappa shape index (κ1) is 54.5. The second kappa shape index (κ2) is 19.4. The van der Waals surface area contributed by atoms with Gasteiger partial charge in [-0.1, -0.05) is 48.6 Å². The smallest absolute Gasteiger partial charge is 0.262 e. The first-order valence-corrected chi connectivity index (χ1v) is 25.9. The van der Waals surface area contributed by atoms with Crippen molar-refractivity contribution in [1.82, 2.24) is 9.55 Å². The van der Waals surface area contributed by atoms with Crippen molar-refractivity contribution in [3.05, 3.63) is 217 Å². The third-order valence-electron chi connectivity index (χ3n) is 16.5. The summed E-state index contributed by atoms with van der Waals surface area (Å²) in [6, 6.07) is 7.58. The molecular weight excluding hydrogens is 1070 g/mol. The number of aromatic nitrogens is 2. The van der Waals surface area contributed by atoms with E-state index >= 15 is 0 Å². The van der Waals surface area contributed by atoms with Crippen LogP contribution in [-0.2, 0) is 35.5 Å². The zero-order valence-corrected chi connectivity index (χ0v) is 45.4. The van der Waals surface area contributed by atoms with Crippen LogP contribution in [0.25, 0.3) is 45.2 Å². The molecule has 0 saturated heterocycles. The van der Waals surface area contributed by atoms with Crippen LogP contribution in [0.15, 0.2) is 107 Å². The number of aromatic hydroxyl groups is 2. The fourth-order valence-electron chi connectivity index (χ4n) is 12.8. The van der Waals surface area contributed by atoms with Crippen LogP contribution in [0.5, 0.6) is 28.7 Å². The molecule has 3 aromatic carbocycles. The topological polar surface area (TPSA) is 309 Å². The number of carbonyl (C=O) groups excluding carboxylic acids is 4. The number of hydrogen-bond acceptors (Lipinski definition) is 18. The average molecular weight is 1120 g/mol. The Morgan fingerprint density at radius 1 is 0.566 bits per heavy atom. The van der Waals surface area contributed by atoms with Crippen LogP contribution >= 0.6 is 0 Å². The number of rotatable bonds is 8. The van der Waals surface area contributed by atoms with Crippen LogP contribution in [-0.4, -0.2) is 81.5 Å². The number of ketones is 4. The molecule has 0 bridgehead atoms. The summed E-state index contributed by atoms with van der Waals surface area (Å²) in [6.45, 7) is 3.71. The van der Waals surface area contributed by atoms with Crippen LogP contribution in [0.4, 0.5) is 0 Å². The molecule has 2 unspecified atom stereocenters. The van der Waals surface area contributed by atoms with Crippen LogP contribution < -0.4 is 57.5 Å². The van der Waals surface area contributed by atoms with E-state index in [1.54, 1.807) is 61.7 Å². The molecule has 0 amide bonds. The lowest BCUT2D eigenvalue weighted by Gasteiger charge is -2.27. The second-order valence-electron chi connectivity index (χ2n) is 20.4. The largest absolute Gasteiger partial charge is 0.510 e. The molecule has 2 atom stereocenters. The summed E-state index contributed by atoms with van der Waals surface area (Å²) in [5, 5.41) is 44.1. The SMILES string of the molecule is C/C=C/C=C/c1cc2cc3c(c(O)c2c(=O)[nH]1)C1(CC3)C(O)=c2c(=O)c3c(=O)cc(OC)c(=O)c=3c(=O)c2=C1O.C/C=C/C=C/c1cc2cc3c(c(O)c2c(=O)n1C)C1(CC3)C(=O)c2c(OC)c3c(c(OC)c2C1=O)C(=O)C(OC)=CC3=O. The highest BCUT2D eigenvalue weighted by molar-refractivity contribution is 6.39. The lowest BCUT2D eigenvalue weighted by atomic mass is 9.76. The average Bonchev–Trinajstić information content (AvgIpc) is 1.57. The number of hydrogen-bond donors (Lipinski definition) is 5. The third-order valence-corrected chi connectivity index (χ3v) is 16.5. The summed E-state index contributed by atoms with van der Waals surface area (Å²) < 4.78 is 22.5. The molecule has 418 valence electrons. The third kappa shape index (κ3) is 7.17. The predicted molar refractivity (Wildman–Crippen MR) is 304 cm³/mol. The number of benzene rings is 3. The monoisotopic (exact) mass is 1120 g/mol. The van der Waals surface area contributed by atoms with Crippen molar-refractivity contribution in [2.45, 2.75) is 50.4 Å². The van der Waals surface area contributed by atoms with Crippen LogP contribution in [0, 0.1) is 10.4 Å². The van der Waals surface area contributed by atoms with Crippen molar-refractivity contribution < 1.29 is 58.6 Å². The number of allylic oxidation sites excluding steroid dienone is 8. The normalized spacial score (nSPS) is 18.6. The summed E-state index contributed by atoms with van der Waals surface area (Å²) in [4.78, 5) is 137. The maximum atomic E-state index is 14.5. The zero-order chi connectivity index (χ0) is 59.6. The van der Waals surface area contributed by atoms with Gasteiger partial charge in [-0.15, -0.1) is 0 Å². The minimum atomic E-state index is -1.93. The molecule has 7 aliphatic carbocycles. The Hall–Kier alpha value is -10.5. The Balaban J connectivity index is 0.000000174. The molecule has 5 N–H and O–H groups in total. The minimum absolute atomic E-state index is 0.00658. The second-order valence-corrected chi connectivity index (χ2v) is 20.4. The maximum absolute atomic E-state index is 14.5. The van der Waals surface area contributed by atoms with E-state index in [9.17, 15) is 68.4 Å². The Morgan fingerprint density at radius 2 is 1.11 bits per heavy atom. The molecule has 0 saturated carbocycles. The molecule has 2 heterocycles. The van der Waals surface area contributed by atoms with Gasteiger partial charge in [0.15, 0.2) is 34.3 Å². The van der Waals surface area contributed by atoms with Crippen molar-refractivity contribution in [3.8, 4) is 28.7 Å². The van der Waals surface area contributed by atoms with Gasteiger partial charge < -0.3 is 48.9 Å². The van der Waals surface area contributed by atoms with Gasteiger partial charge in [0.25, 0.3) is 11.1 Å². The number of phenols is 2. The highest BCUT2D eigenvalue weighted by Gasteiger charge is 2.62. The fourth-order valence-corrected chi connectivity index (χ4v) is 12.8. The molecule has 12 rings (SSSR count). The van der Waals surface area contributed by atoms with Crippen molar-refractivity contribution in [2.24, 2.45) is 7.05 Å². The number of nitrogens with zero attached hydrogens (tertiary/aromatic N) is 1. The van der Waals surface area contributed by atoms with Crippen molar-refractivity contribution >= 4 is 68.3 Å². The minimum Gasteiger partial charge on any atom is -0.510 e. The van der Waals surface area contributed by atoms with Gasteiger partial charge in [0.2, 0.25) is 22.1 Å². The van der Waals surface area contributed by atoms with Crippen molar-refractivity contribution in [2.75, 3.05) is 28.4 Å². The van der Waals surface area contributed by atoms with E-state index in [2.05, 4.69) is 4.98 Å². The summed E-state index contributed by atoms with van der Waals surface area (Å²) in [7, 11) is 6.39. The van der Waals surface area contributed by atoms with Gasteiger partial charge in [-0.05, 0) is 85.7 Å². The van der Waals surface area contributed by atoms with Gasteiger partial charge in [0.05, 0.1) is 82.3 Å². The highest BCUT2D eigenvalue weighted by atomic mass is 16.5. The van der Waals surface area contributed by atoms with Gasteiger partial charge in [-0.25, -0.2) is 0 Å². The Bertz CT molecular complexity index is 4990. The Kier molecular flexibility index (Phi) is 12.7. The van der Waals surface area contributed by atoms with E-state index in [1.807, 2.05) is 32.1 Å². The fraction of sp³-hybridized carbons (Fsp3) is 0.206. The van der Waals surface area contributed by atoms with E-state index in [4.69, 9.17) is 18.9 Å². The number of aryl methyl sites for hydroxylation is 2. The number of aromatic amines is 1. The van der Waals surface area contributed by atoms with Gasteiger partial charge >= 0.3 is 0 Å². The van der Waals surface area contributed by atoms with E-state index in [1.165, 1.54) is 25.9 Å². The number of phenolic OH excluding ortho intramolecular Hbond substituents is 2. The standard InChI is InChI=1S/C33H27NO9.C30H21NO9/c1-6-7-8-9-17-13-16-12-15-10-11-33(25(15)27(37)20(16)32(40)34(17)2)30(38)23-24(31(33)39)29(43-5)22-21(28(23)42-4)18(35)14-19(41-3)26(22)36;1-3-4-5-6-14-10-13-9-12-7-8-30(22(12)26(36)17(13)29(39)31-14)27(37)20-21(28(30)38)25(35)19-18(24(20)34)15(32)11-16(40-2)23(19)33/h6-9,12-14,37H,10-11H2,1-5H3;3-6,9-11,36-38H,7-8H2,1-2H3,(H,31,39)/b7-6+,9-8+;4-3+,6-5+. The molecule has 0 aliphatic heterocycles. The quantitative estimate of drug-likeness (QED) is 0.106. The lowest BCUT2D eigenvalue weighted by molar-refractivity contribution is 0.0790. The van der Waals surface area contributed by atoms with Crippen LogP contribution in [0.3, 0.4) is 0 Å². The zero-order valence-electron chi connectivity index (χ0n) is 45.4. The molecule has 7 aliphatic rings. The van der Waals surface area contributed by atoms with E-state index in [0.717, 1.165) is 19.3 Å². The van der Waals surface area contributed by atoms with Crippen molar-refractivity contribution in [3.63, 3.8) is 0 Å². The number of aliphatic hydroxyl groups is 2. The molecule has 83 heavy (non-hydrogen) atoms. The number of ether oxygens (including phenoxy) is 4. The first-order chi connectivity index (χ1) is 39.7. The summed E-state index contributed by atoms with van der Waals surface area (Å²) in [5.41, 5.74) is -7.92. The molecule has 20 nitrogen and oxygen atoms in total. The number of pyridine rings is 2. The molecule has 5 aromatic rings. The highest BCUT2D eigenvalue weighted by Crippen LogP contribution is 2.58. The molecule has 0 radical (unpaired) electrons. The van der Waals surface area contributed by atoms with E-state index < -0.39 is 116 Å². The molecule has 20 heteroatoms. The van der Waals surface area contributed by atoms with Gasteiger partial charge in [-0.3, -0.25) is 47.9 Å².